The lowest BCUT2D eigenvalue weighted by atomic mass is 10.1. The predicted molar refractivity (Wildman–Crippen MR) is 107 cm³/mol. The first-order valence-electron chi connectivity index (χ1n) is 10.2. The predicted octanol–water partition coefficient (Wildman–Crippen LogP) is 3.94. The summed E-state index contributed by atoms with van der Waals surface area (Å²) in [5.74, 6) is 2.83. The molecule has 5 heteroatoms. The van der Waals surface area contributed by atoms with Crippen LogP contribution in [0.2, 0.25) is 0 Å². The van der Waals surface area contributed by atoms with Crippen LogP contribution in [0.15, 0.2) is 34.7 Å². The van der Waals surface area contributed by atoms with Gasteiger partial charge in [0.05, 0.1) is 13.1 Å². The summed E-state index contributed by atoms with van der Waals surface area (Å²) in [6.07, 6.45) is 3.22. The summed E-state index contributed by atoms with van der Waals surface area (Å²) in [6, 6.07) is 9.87. The van der Waals surface area contributed by atoms with Gasteiger partial charge in [0, 0.05) is 17.5 Å². The van der Waals surface area contributed by atoms with Gasteiger partial charge in [0.15, 0.2) is 0 Å². The summed E-state index contributed by atoms with van der Waals surface area (Å²) < 4.78 is 5.97. The van der Waals surface area contributed by atoms with Crippen molar-refractivity contribution >= 4 is 11.8 Å². The van der Waals surface area contributed by atoms with Crippen LogP contribution < -0.4 is 5.32 Å². The molecule has 1 heterocycles. The highest BCUT2D eigenvalue weighted by molar-refractivity contribution is 5.96. The minimum Gasteiger partial charge on any atom is -0.464 e. The van der Waals surface area contributed by atoms with E-state index in [2.05, 4.69) is 12.2 Å². The first-order valence-corrected chi connectivity index (χ1v) is 10.2. The normalized spacial score (nSPS) is 20.7. The van der Waals surface area contributed by atoms with Gasteiger partial charge in [0.25, 0.3) is 5.91 Å². The average Bonchev–Trinajstić information content (AvgIpc) is 3.59. The molecule has 2 fully saturated rings. The Bertz CT molecular complexity index is 897. The smallest absolute Gasteiger partial charge is 0.251 e. The van der Waals surface area contributed by atoms with Crippen LogP contribution in [0.5, 0.6) is 0 Å². The topological polar surface area (TPSA) is 62.6 Å². The Balaban J connectivity index is 1.35. The Labute approximate surface area is 166 Å². The molecule has 0 radical (unpaired) electrons. The highest BCUT2D eigenvalue weighted by Crippen LogP contribution is 2.47. The highest BCUT2D eigenvalue weighted by atomic mass is 16.3. The van der Waals surface area contributed by atoms with Crippen molar-refractivity contribution in [2.45, 2.75) is 58.5 Å². The molecule has 0 spiro atoms. The largest absolute Gasteiger partial charge is 0.464 e. The van der Waals surface area contributed by atoms with E-state index in [4.69, 9.17) is 4.42 Å². The van der Waals surface area contributed by atoms with E-state index in [1.807, 2.05) is 43.0 Å². The Morgan fingerprint density at radius 2 is 1.89 bits per heavy atom. The molecule has 2 amide bonds. The van der Waals surface area contributed by atoms with Crippen LogP contribution in [0.3, 0.4) is 0 Å². The molecule has 28 heavy (non-hydrogen) atoms. The van der Waals surface area contributed by atoms with E-state index in [-0.39, 0.29) is 24.4 Å². The summed E-state index contributed by atoms with van der Waals surface area (Å²) in [4.78, 5) is 27.0. The second-order valence-electron chi connectivity index (χ2n) is 8.36. The molecule has 4 rings (SSSR count). The molecule has 148 valence electrons. The van der Waals surface area contributed by atoms with Crippen molar-refractivity contribution < 1.29 is 14.0 Å². The van der Waals surface area contributed by atoms with E-state index in [1.54, 1.807) is 6.07 Å². The fourth-order valence-corrected chi connectivity index (χ4v) is 3.61. The van der Waals surface area contributed by atoms with Crippen molar-refractivity contribution in [3.63, 3.8) is 0 Å². The molecular weight excluding hydrogens is 352 g/mol. The Hall–Kier alpha value is -2.56. The Morgan fingerprint density at radius 1 is 1.14 bits per heavy atom. The molecule has 0 saturated heterocycles. The number of nitrogens with zero attached hydrogens (tertiary/aromatic N) is 1. The molecule has 2 aliphatic rings. The number of amides is 2. The van der Waals surface area contributed by atoms with Gasteiger partial charge in [-0.1, -0.05) is 13.0 Å². The second-order valence-corrected chi connectivity index (χ2v) is 8.36. The lowest BCUT2D eigenvalue weighted by Gasteiger charge is -2.21. The highest BCUT2D eigenvalue weighted by Gasteiger charge is 2.37. The van der Waals surface area contributed by atoms with E-state index in [9.17, 15) is 9.59 Å². The summed E-state index contributed by atoms with van der Waals surface area (Å²) >= 11 is 0. The van der Waals surface area contributed by atoms with Crippen LogP contribution in [-0.2, 0) is 11.3 Å². The van der Waals surface area contributed by atoms with Gasteiger partial charge >= 0.3 is 0 Å². The molecule has 1 N–H and O–H groups in total. The van der Waals surface area contributed by atoms with Gasteiger partial charge in [0.1, 0.15) is 11.5 Å². The lowest BCUT2D eigenvalue weighted by molar-refractivity contribution is -0.131. The molecule has 5 nitrogen and oxygen atoms in total. The van der Waals surface area contributed by atoms with Crippen molar-refractivity contribution in [1.29, 1.82) is 0 Å². The Morgan fingerprint density at radius 3 is 2.54 bits per heavy atom. The third-order valence-electron chi connectivity index (χ3n) is 5.96. The SMILES string of the molecule is Cc1ccc(C(=O)NCC(=O)N(Cc2ccc(C3CC3C)o2)C2CC2)cc1C. The number of carbonyl (C=O) groups is 2. The zero-order chi connectivity index (χ0) is 19.8. The van der Waals surface area contributed by atoms with E-state index in [1.165, 1.54) is 6.42 Å². The monoisotopic (exact) mass is 380 g/mol. The number of furan rings is 1. The van der Waals surface area contributed by atoms with Crippen LogP contribution in [0.25, 0.3) is 0 Å². The number of benzene rings is 1. The summed E-state index contributed by atoms with van der Waals surface area (Å²) in [5.41, 5.74) is 2.80. The molecule has 2 unspecified atom stereocenters. The number of hydrogen-bond acceptors (Lipinski definition) is 3. The maximum Gasteiger partial charge on any atom is 0.251 e. The quantitative estimate of drug-likeness (QED) is 0.791. The van der Waals surface area contributed by atoms with E-state index >= 15 is 0 Å². The minimum absolute atomic E-state index is 0.00941. The molecular formula is C23H28N2O3. The summed E-state index contributed by atoms with van der Waals surface area (Å²) in [5, 5.41) is 2.77. The van der Waals surface area contributed by atoms with Crippen molar-refractivity contribution in [2.24, 2.45) is 5.92 Å². The van der Waals surface area contributed by atoms with E-state index < -0.39 is 0 Å². The maximum atomic E-state index is 12.8. The molecule has 2 atom stereocenters. The fourth-order valence-electron chi connectivity index (χ4n) is 3.61. The van der Waals surface area contributed by atoms with E-state index in [0.717, 1.165) is 35.5 Å². The van der Waals surface area contributed by atoms with Gasteiger partial charge in [-0.3, -0.25) is 9.59 Å². The van der Waals surface area contributed by atoms with Crippen molar-refractivity contribution in [1.82, 2.24) is 10.2 Å². The molecule has 2 aliphatic carbocycles. The first kappa shape index (κ1) is 18.8. The first-order chi connectivity index (χ1) is 13.4. The number of hydrogen-bond donors (Lipinski definition) is 1. The van der Waals surface area contributed by atoms with Gasteiger partial charge in [-0.15, -0.1) is 0 Å². The number of nitrogens with one attached hydrogen (secondary N) is 1. The molecule has 0 aliphatic heterocycles. The fraction of sp³-hybridized carbons (Fsp3) is 0.478. The third-order valence-corrected chi connectivity index (χ3v) is 5.96. The maximum absolute atomic E-state index is 12.8. The van der Waals surface area contributed by atoms with Crippen LogP contribution >= 0.6 is 0 Å². The Kier molecular flexibility index (Phi) is 5.00. The molecule has 1 aromatic heterocycles. The van der Waals surface area contributed by atoms with Gasteiger partial charge in [-0.2, -0.15) is 0 Å². The number of carbonyl (C=O) groups excluding carboxylic acids is 2. The van der Waals surface area contributed by atoms with Gasteiger partial charge < -0.3 is 14.6 Å². The molecule has 0 bridgehead atoms. The van der Waals surface area contributed by atoms with Crippen LogP contribution in [0.1, 0.15) is 65.1 Å². The zero-order valence-corrected chi connectivity index (χ0v) is 16.8. The van der Waals surface area contributed by atoms with Gasteiger partial charge in [-0.25, -0.2) is 0 Å². The van der Waals surface area contributed by atoms with Crippen LogP contribution in [-0.4, -0.2) is 29.3 Å². The lowest BCUT2D eigenvalue weighted by Crippen LogP contribution is -2.41. The van der Waals surface area contributed by atoms with Gasteiger partial charge in [-0.05, 0) is 74.4 Å². The summed E-state index contributed by atoms with van der Waals surface area (Å²) in [7, 11) is 0. The zero-order valence-electron chi connectivity index (χ0n) is 16.8. The van der Waals surface area contributed by atoms with Gasteiger partial charge in [0.2, 0.25) is 5.91 Å². The molecule has 2 aromatic rings. The standard InChI is InChI=1S/C23H28N2O3/c1-14-4-5-17(10-15(14)2)23(27)24-12-22(26)25(18-6-7-18)13-19-8-9-21(28-19)20-11-16(20)3/h4-5,8-10,16,18,20H,6-7,11-13H2,1-3H3,(H,24,27). The number of rotatable bonds is 7. The van der Waals surface area contributed by atoms with Crippen molar-refractivity contribution in [2.75, 3.05) is 6.54 Å². The summed E-state index contributed by atoms with van der Waals surface area (Å²) in [6.45, 7) is 6.70. The van der Waals surface area contributed by atoms with Crippen molar-refractivity contribution in [3.8, 4) is 0 Å². The van der Waals surface area contributed by atoms with Crippen LogP contribution in [0, 0.1) is 19.8 Å². The molecule has 1 aromatic carbocycles. The van der Waals surface area contributed by atoms with E-state index in [0.29, 0.717) is 23.9 Å². The molecule has 2 saturated carbocycles. The van der Waals surface area contributed by atoms with Crippen molar-refractivity contribution in [3.05, 3.63) is 58.5 Å². The third kappa shape index (κ3) is 4.13. The average molecular weight is 380 g/mol. The second kappa shape index (κ2) is 7.46. The number of aryl methyl sites for hydroxylation is 2. The minimum atomic E-state index is -0.213. The van der Waals surface area contributed by atoms with Crippen LogP contribution in [0.4, 0.5) is 0 Å².